The predicted molar refractivity (Wildman–Crippen MR) is 94.2 cm³/mol. The average Bonchev–Trinajstić information content (AvgIpc) is 3.11. The first-order valence-electron chi connectivity index (χ1n) is 9.56. The zero-order valence-corrected chi connectivity index (χ0v) is 15.0. The van der Waals surface area contributed by atoms with Gasteiger partial charge in [0.05, 0.1) is 12.5 Å². The molecule has 1 unspecified atom stereocenters. The van der Waals surface area contributed by atoms with Crippen molar-refractivity contribution in [1.29, 1.82) is 0 Å². The lowest BCUT2D eigenvalue weighted by molar-refractivity contribution is -0.135. The first kappa shape index (κ1) is 17.3. The lowest BCUT2D eigenvalue weighted by atomic mass is 9.99. The third-order valence-corrected chi connectivity index (χ3v) is 6.11. The topological polar surface area (TPSA) is 58.6 Å². The van der Waals surface area contributed by atoms with Gasteiger partial charge in [-0.3, -0.25) is 4.79 Å². The summed E-state index contributed by atoms with van der Waals surface area (Å²) < 4.78 is 18.7. The molecule has 0 bridgehead atoms. The minimum atomic E-state index is -0.435. The standard InChI is InChI=1S/C20H25FN2O3/c1-2-12-8-13(5-6-17(12)21)18-15-10-23(11-16(15)18)19(24)14-4-3-7-26-20(25)22-9-14/h5-6,8,14-16,18H,2-4,7,9-11H2,1H3,(H,22,25)/t14-,15-,16+,18?/m1/s1. The van der Waals surface area contributed by atoms with E-state index in [2.05, 4.69) is 5.32 Å². The minimum Gasteiger partial charge on any atom is -0.450 e. The van der Waals surface area contributed by atoms with E-state index in [1.54, 1.807) is 6.07 Å². The van der Waals surface area contributed by atoms with Crippen LogP contribution in [0.2, 0.25) is 0 Å². The van der Waals surface area contributed by atoms with Gasteiger partial charge in [-0.15, -0.1) is 0 Å². The van der Waals surface area contributed by atoms with E-state index >= 15 is 0 Å². The zero-order chi connectivity index (χ0) is 18.3. The van der Waals surface area contributed by atoms with Crippen LogP contribution in [0, 0.1) is 23.6 Å². The Morgan fingerprint density at radius 3 is 2.85 bits per heavy atom. The molecule has 1 saturated carbocycles. The molecule has 2 heterocycles. The van der Waals surface area contributed by atoms with Gasteiger partial charge in [-0.1, -0.05) is 19.1 Å². The van der Waals surface area contributed by atoms with Crippen LogP contribution < -0.4 is 5.32 Å². The number of hydrogen-bond acceptors (Lipinski definition) is 3. The van der Waals surface area contributed by atoms with Crippen molar-refractivity contribution in [3.05, 3.63) is 35.1 Å². The highest BCUT2D eigenvalue weighted by molar-refractivity contribution is 5.80. The minimum absolute atomic E-state index is 0.130. The maximum atomic E-state index is 13.7. The van der Waals surface area contributed by atoms with Gasteiger partial charge >= 0.3 is 6.09 Å². The number of hydrogen-bond donors (Lipinski definition) is 1. The molecule has 4 atom stereocenters. The Morgan fingerprint density at radius 2 is 2.12 bits per heavy atom. The Labute approximate surface area is 152 Å². The third kappa shape index (κ3) is 3.17. The van der Waals surface area contributed by atoms with Crippen LogP contribution in [-0.4, -0.2) is 43.1 Å². The molecule has 0 radical (unpaired) electrons. The molecule has 4 rings (SSSR count). The molecule has 3 fully saturated rings. The summed E-state index contributed by atoms with van der Waals surface area (Å²) in [7, 11) is 0. The Kier molecular flexibility index (Phi) is 4.59. The van der Waals surface area contributed by atoms with Crippen molar-refractivity contribution in [2.75, 3.05) is 26.2 Å². The van der Waals surface area contributed by atoms with Gasteiger partial charge in [-0.2, -0.15) is 0 Å². The SMILES string of the molecule is CCc1cc(C2[C@H]3CN(C(=O)[C@@H]4CCCOC(=O)NC4)C[C@@H]23)ccc1F. The molecule has 1 aromatic carbocycles. The van der Waals surface area contributed by atoms with Crippen LogP contribution >= 0.6 is 0 Å². The molecule has 2 amide bonds. The lowest BCUT2D eigenvalue weighted by Crippen LogP contribution is -2.43. The van der Waals surface area contributed by atoms with Gasteiger partial charge in [0, 0.05) is 19.6 Å². The Bertz CT molecular complexity index is 711. The van der Waals surface area contributed by atoms with Gasteiger partial charge in [0.25, 0.3) is 0 Å². The molecular weight excluding hydrogens is 335 g/mol. The van der Waals surface area contributed by atoms with E-state index in [4.69, 9.17) is 4.74 Å². The lowest BCUT2D eigenvalue weighted by Gasteiger charge is -2.27. The highest BCUT2D eigenvalue weighted by atomic mass is 19.1. The summed E-state index contributed by atoms with van der Waals surface area (Å²) >= 11 is 0. The second kappa shape index (κ2) is 6.89. The molecule has 6 heteroatoms. The molecular formula is C20H25FN2O3. The second-order valence-electron chi connectivity index (χ2n) is 7.66. The quantitative estimate of drug-likeness (QED) is 0.902. The van der Waals surface area contributed by atoms with Gasteiger partial charge in [0.2, 0.25) is 5.91 Å². The molecule has 0 aromatic heterocycles. The molecule has 3 aliphatic rings. The number of fused-ring (bicyclic) bond motifs is 1. The normalized spacial score (nSPS) is 30.7. The highest BCUT2D eigenvalue weighted by Crippen LogP contribution is 2.58. The third-order valence-electron chi connectivity index (χ3n) is 6.11. The summed E-state index contributed by atoms with van der Waals surface area (Å²) in [5.41, 5.74) is 1.98. The Morgan fingerprint density at radius 1 is 1.35 bits per heavy atom. The number of nitrogens with zero attached hydrogens (tertiary/aromatic N) is 1. The van der Waals surface area contributed by atoms with Gasteiger partial charge in [0.15, 0.2) is 0 Å². The summed E-state index contributed by atoms with van der Waals surface area (Å²) in [5.74, 6) is 1.29. The first-order valence-corrected chi connectivity index (χ1v) is 9.56. The largest absolute Gasteiger partial charge is 0.450 e. The van der Waals surface area contributed by atoms with E-state index in [1.807, 2.05) is 24.0 Å². The molecule has 2 saturated heterocycles. The van der Waals surface area contributed by atoms with Gasteiger partial charge < -0.3 is 15.0 Å². The van der Waals surface area contributed by atoms with Crippen molar-refractivity contribution < 1.29 is 18.7 Å². The maximum Gasteiger partial charge on any atom is 0.407 e. The molecule has 1 N–H and O–H groups in total. The average molecular weight is 360 g/mol. The number of ether oxygens (including phenoxy) is 1. The van der Waals surface area contributed by atoms with Crippen molar-refractivity contribution >= 4 is 12.0 Å². The predicted octanol–water partition coefficient (Wildman–Crippen LogP) is 2.70. The number of cyclic esters (lactones) is 1. The van der Waals surface area contributed by atoms with Crippen LogP contribution in [0.1, 0.15) is 36.8 Å². The number of benzene rings is 1. The van der Waals surface area contributed by atoms with E-state index in [0.29, 0.717) is 37.3 Å². The number of aryl methyl sites for hydroxylation is 1. The van der Waals surface area contributed by atoms with Crippen LogP contribution in [-0.2, 0) is 16.0 Å². The Balaban J connectivity index is 1.36. The summed E-state index contributed by atoms with van der Waals surface area (Å²) in [4.78, 5) is 26.1. The van der Waals surface area contributed by atoms with E-state index in [1.165, 1.54) is 5.56 Å². The van der Waals surface area contributed by atoms with Crippen LogP contribution in [0.3, 0.4) is 0 Å². The number of alkyl carbamates (subject to hydrolysis) is 1. The second-order valence-corrected chi connectivity index (χ2v) is 7.66. The van der Waals surface area contributed by atoms with Crippen LogP contribution in [0.4, 0.5) is 9.18 Å². The zero-order valence-electron chi connectivity index (χ0n) is 15.0. The number of piperidine rings is 1. The Hall–Kier alpha value is -2.11. The molecule has 140 valence electrons. The molecule has 1 aliphatic carbocycles. The van der Waals surface area contributed by atoms with E-state index in [-0.39, 0.29) is 17.6 Å². The summed E-state index contributed by atoms with van der Waals surface area (Å²) in [6, 6.07) is 5.47. The first-order chi connectivity index (χ1) is 12.6. The fraction of sp³-hybridized carbons (Fsp3) is 0.600. The molecule has 26 heavy (non-hydrogen) atoms. The van der Waals surface area contributed by atoms with E-state index < -0.39 is 6.09 Å². The number of halogens is 1. The van der Waals surface area contributed by atoms with Crippen molar-refractivity contribution in [2.45, 2.75) is 32.1 Å². The highest BCUT2D eigenvalue weighted by Gasteiger charge is 2.57. The number of nitrogens with one attached hydrogen (secondary N) is 1. The number of amides is 2. The fourth-order valence-electron chi connectivity index (χ4n) is 4.60. The molecule has 5 nitrogen and oxygen atoms in total. The van der Waals surface area contributed by atoms with Crippen molar-refractivity contribution in [3.8, 4) is 0 Å². The maximum absolute atomic E-state index is 13.7. The summed E-state index contributed by atoms with van der Waals surface area (Å²) in [5, 5.41) is 2.67. The monoisotopic (exact) mass is 360 g/mol. The number of rotatable bonds is 3. The van der Waals surface area contributed by atoms with Crippen LogP contribution in [0.15, 0.2) is 18.2 Å². The fourth-order valence-corrected chi connectivity index (χ4v) is 4.60. The number of carbonyl (C=O) groups excluding carboxylic acids is 2. The number of carbonyl (C=O) groups is 2. The van der Waals surface area contributed by atoms with Crippen LogP contribution in [0.25, 0.3) is 0 Å². The molecule has 2 aliphatic heterocycles. The smallest absolute Gasteiger partial charge is 0.407 e. The van der Waals surface area contributed by atoms with Gasteiger partial charge in [-0.05, 0) is 54.2 Å². The van der Waals surface area contributed by atoms with Crippen LogP contribution in [0.5, 0.6) is 0 Å². The van der Waals surface area contributed by atoms with Crippen molar-refractivity contribution in [3.63, 3.8) is 0 Å². The van der Waals surface area contributed by atoms with E-state index in [0.717, 1.165) is 31.5 Å². The summed E-state index contributed by atoms with van der Waals surface area (Å²) in [6.07, 6.45) is 1.73. The molecule has 0 spiro atoms. The van der Waals surface area contributed by atoms with Gasteiger partial charge in [-0.25, -0.2) is 9.18 Å². The summed E-state index contributed by atoms with van der Waals surface area (Å²) in [6.45, 7) is 4.23. The van der Waals surface area contributed by atoms with E-state index in [9.17, 15) is 14.0 Å². The van der Waals surface area contributed by atoms with Gasteiger partial charge in [0.1, 0.15) is 5.82 Å². The van der Waals surface area contributed by atoms with Crippen molar-refractivity contribution in [1.82, 2.24) is 10.2 Å². The molecule has 1 aromatic rings. The number of likely N-dealkylation sites (tertiary alicyclic amines) is 1. The van der Waals surface area contributed by atoms with Crippen molar-refractivity contribution in [2.24, 2.45) is 17.8 Å².